The summed E-state index contributed by atoms with van der Waals surface area (Å²) in [6.45, 7) is 4.47. The first-order valence-electron chi connectivity index (χ1n) is 16.6. The molecule has 2 N–H and O–H groups in total. The van der Waals surface area contributed by atoms with Crippen molar-refractivity contribution in [3.05, 3.63) is 48.6 Å². The molecule has 0 aromatic heterocycles. The molecule has 1 radical (unpaired) electrons. The molecule has 0 aromatic rings. The molecule has 0 atom stereocenters. The Morgan fingerprint density at radius 3 is 0.976 bits per heavy atom. The van der Waals surface area contributed by atoms with Crippen molar-refractivity contribution in [1.82, 2.24) is 0 Å². The van der Waals surface area contributed by atoms with Gasteiger partial charge in [-0.15, -0.1) is 0 Å². The second-order valence-corrected chi connectivity index (χ2v) is 10.7. The molecular formula is C36H64CuO4. The molecule has 0 rings (SSSR count). The maximum atomic E-state index is 10.3. The number of carboxylic acids is 2. The van der Waals surface area contributed by atoms with Gasteiger partial charge in [-0.1, -0.05) is 127 Å². The monoisotopic (exact) mass is 623 g/mol. The first kappa shape index (κ1) is 43.9. The van der Waals surface area contributed by atoms with E-state index in [0.717, 1.165) is 51.4 Å². The van der Waals surface area contributed by atoms with Gasteiger partial charge in [0, 0.05) is 29.9 Å². The molecule has 0 amide bonds. The van der Waals surface area contributed by atoms with Crippen LogP contribution in [-0.2, 0) is 26.7 Å². The molecule has 41 heavy (non-hydrogen) atoms. The Morgan fingerprint density at radius 2 is 0.683 bits per heavy atom. The summed E-state index contributed by atoms with van der Waals surface area (Å²) in [5.74, 6) is -1.34. The zero-order chi connectivity index (χ0) is 29.8. The maximum Gasteiger partial charge on any atom is 0.303 e. The van der Waals surface area contributed by atoms with Gasteiger partial charge in [-0.25, -0.2) is 0 Å². The smallest absolute Gasteiger partial charge is 0.303 e. The van der Waals surface area contributed by atoms with Gasteiger partial charge in [-0.3, -0.25) is 9.59 Å². The zero-order valence-electron chi connectivity index (χ0n) is 26.6. The molecule has 5 heteroatoms. The van der Waals surface area contributed by atoms with Crippen molar-refractivity contribution >= 4 is 11.9 Å². The molecule has 243 valence electrons. The molecule has 0 spiro atoms. The van der Waals surface area contributed by atoms with Crippen molar-refractivity contribution < 1.29 is 36.9 Å². The fourth-order valence-corrected chi connectivity index (χ4v) is 4.18. The van der Waals surface area contributed by atoms with E-state index in [4.69, 9.17) is 10.2 Å². The SMILES string of the molecule is CCCCCC=CCC=CCCCCCCCC(=O)O.CCCCCC=CCC=CCCCCCCCC(=O)O.[Cu]. The van der Waals surface area contributed by atoms with Gasteiger partial charge in [0.1, 0.15) is 0 Å². The minimum atomic E-state index is -0.671. The van der Waals surface area contributed by atoms with E-state index in [0.29, 0.717) is 12.8 Å². The molecule has 0 aliphatic rings. The van der Waals surface area contributed by atoms with Crippen molar-refractivity contribution in [2.75, 3.05) is 0 Å². The quantitative estimate of drug-likeness (QED) is 0.0516. The van der Waals surface area contributed by atoms with E-state index >= 15 is 0 Å². The van der Waals surface area contributed by atoms with E-state index in [2.05, 4.69) is 62.5 Å². The van der Waals surface area contributed by atoms with Crippen LogP contribution in [0.2, 0.25) is 0 Å². The van der Waals surface area contributed by atoms with Crippen molar-refractivity contribution in [3.63, 3.8) is 0 Å². The van der Waals surface area contributed by atoms with Crippen LogP contribution >= 0.6 is 0 Å². The third-order valence-electron chi connectivity index (χ3n) is 6.68. The molecule has 0 unspecified atom stereocenters. The van der Waals surface area contributed by atoms with Crippen LogP contribution in [0.15, 0.2) is 48.6 Å². The molecular weight excluding hydrogens is 560 g/mol. The molecule has 0 bridgehead atoms. The number of aliphatic carboxylic acids is 2. The predicted molar refractivity (Wildman–Crippen MR) is 174 cm³/mol. The largest absolute Gasteiger partial charge is 0.481 e. The van der Waals surface area contributed by atoms with Crippen LogP contribution in [0.1, 0.15) is 168 Å². The van der Waals surface area contributed by atoms with Crippen LogP contribution in [-0.4, -0.2) is 22.2 Å². The van der Waals surface area contributed by atoms with Gasteiger partial charge >= 0.3 is 11.9 Å². The number of hydrogen-bond donors (Lipinski definition) is 2. The second kappa shape index (κ2) is 40.6. The molecule has 0 heterocycles. The summed E-state index contributed by atoms with van der Waals surface area (Å²) in [5.41, 5.74) is 0. The number of carboxylic acid groups (broad SMARTS) is 2. The summed E-state index contributed by atoms with van der Waals surface area (Å²) >= 11 is 0. The maximum absolute atomic E-state index is 10.3. The third-order valence-corrected chi connectivity index (χ3v) is 6.68. The van der Waals surface area contributed by atoms with Gasteiger partial charge in [-0.2, -0.15) is 0 Å². The fraction of sp³-hybridized carbons (Fsp3) is 0.722. The zero-order valence-corrected chi connectivity index (χ0v) is 27.5. The van der Waals surface area contributed by atoms with E-state index in [1.165, 1.54) is 89.9 Å². The number of allylic oxidation sites excluding steroid dienone is 8. The topological polar surface area (TPSA) is 74.6 Å². The predicted octanol–water partition coefficient (Wildman–Crippen LogP) is 11.8. The summed E-state index contributed by atoms with van der Waals surface area (Å²) in [7, 11) is 0. The van der Waals surface area contributed by atoms with E-state index in [1.807, 2.05) is 0 Å². The van der Waals surface area contributed by atoms with Crippen LogP contribution in [0.4, 0.5) is 0 Å². The van der Waals surface area contributed by atoms with Crippen LogP contribution in [0, 0.1) is 0 Å². The summed E-state index contributed by atoms with van der Waals surface area (Å²) in [5, 5.41) is 17.0. The van der Waals surface area contributed by atoms with Crippen LogP contribution < -0.4 is 0 Å². The number of unbranched alkanes of at least 4 members (excludes halogenated alkanes) is 16. The average Bonchev–Trinajstić information content (AvgIpc) is 2.93. The van der Waals surface area contributed by atoms with Crippen LogP contribution in [0.25, 0.3) is 0 Å². The Bertz CT molecular complexity index is 596. The van der Waals surface area contributed by atoms with E-state index in [-0.39, 0.29) is 17.1 Å². The first-order chi connectivity index (χ1) is 19.5. The molecule has 0 saturated carbocycles. The third kappa shape index (κ3) is 48.5. The van der Waals surface area contributed by atoms with Crippen molar-refractivity contribution in [3.8, 4) is 0 Å². The van der Waals surface area contributed by atoms with Gasteiger partial charge < -0.3 is 10.2 Å². The minimum Gasteiger partial charge on any atom is -0.481 e. The van der Waals surface area contributed by atoms with E-state index in [1.54, 1.807) is 0 Å². The van der Waals surface area contributed by atoms with Gasteiger partial charge in [0.2, 0.25) is 0 Å². The Kier molecular flexibility index (Phi) is 43.4. The Morgan fingerprint density at radius 1 is 0.415 bits per heavy atom. The molecule has 0 aliphatic heterocycles. The molecule has 0 aliphatic carbocycles. The van der Waals surface area contributed by atoms with Crippen molar-refractivity contribution in [2.24, 2.45) is 0 Å². The molecule has 4 nitrogen and oxygen atoms in total. The number of rotatable bonds is 28. The summed E-state index contributed by atoms with van der Waals surface area (Å²) in [6.07, 6.45) is 44.6. The summed E-state index contributed by atoms with van der Waals surface area (Å²) in [4.78, 5) is 20.6. The Hall–Kier alpha value is -1.58. The summed E-state index contributed by atoms with van der Waals surface area (Å²) in [6, 6.07) is 0. The Labute approximate surface area is 264 Å². The number of hydrogen-bond acceptors (Lipinski definition) is 2. The minimum absolute atomic E-state index is 0. The van der Waals surface area contributed by atoms with E-state index in [9.17, 15) is 9.59 Å². The van der Waals surface area contributed by atoms with Gasteiger partial charge in [0.25, 0.3) is 0 Å². The second-order valence-electron chi connectivity index (χ2n) is 10.7. The van der Waals surface area contributed by atoms with Crippen molar-refractivity contribution in [2.45, 2.75) is 168 Å². The number of carbonyl (C=O) groups is 2. The van der Waals surface area contributed by atoms with Crippen molar-refractivity contribution in [1.29, 1.82) is 0 Å². The molecule has 0 fully saturated rings. The first-order valence-corrected chi connectivity index (χ1v) is 16.6. The van der Waals surface area contributed by atoms with Gasteiger partial charge in [-0.05, 0) is 77.0 Å². The summed E-state index contributed by atoms with van der Waals surface area (Å²) < 4.78 is 0. The van der Waals surface area contributed by atoms with Gasteiger partial charge in [0.15, 0.2) is 0 Å². The average molecular weight is 624 g/mol. The fourth-order valence-electron chi connectivity index (χ4n) is 4.18. The van der Waals surface area contributed by atoms with Crippen LogP contribution in [0.3, 0.4) is 0 Å². The molecule has 0 saturated heterocycles. The molecule has 0 aromatic carbocycles. The van der Waals surface area contributed by atoms with Crippen LogP contribution in [0.5, 0.6) is 0 Å². The Balaban J connectivity index is -0.000000688. The van der Waals surface area contributed by atoms with E-state index < -0.39 is 11.9 Å². The standard InChI is InChI=1S/2C18H32O2.Cu/c2*1-2-3-4-5-6-7-8-9-10-11-12-13-14-15-16-17-18(19)20;/h2*6-7,9-10H,2-5,8,11-17H2,1H3,(H,19,20);. The normalized spacial score (nSPS) is 11.4. The van der Waals surface area contributed by atoms with Gasteiger partial charge in [0.05, 0.1) is 0 Å².